The number of nitrogens with one attached hydrogen (secondary N) is 2. The van der Waals surface area contributed by atoms with Gasteiger partial charge in [0.25, 0.3) is 5.91 Å². The Labute approximate surface area is 207 Å². The summed E-state index contributed by atoms with van der Waals surface area (Å²) in [5.74, 6) is 0.516. The summed E-state index contributed by atoms with van der Waals surface area (Å²) in [6.45, 7) is 1.84. The zero-order valence-corrected chi connectivity index (χ0v) is 20.5. The molecule has 1 fully saturated rings. The monoisotopic (exact) mass is 481 g/mol. The molecule has 4 rings (SSSR count). The van der Waals surface area contributed by atoms with Gasteiger partial charge < -0.3 is 20.3 Å². The van der Waals surface area contributed by atoms with Crippen molar-refractivity contribution in [3.05, 3.63) is 59.4 Å². The number of halogens is 1. The summed E-state index contributed by atoms with van der Waals surface area (Å²) in [5, 5.41) is 5.96. The highest BCUT2D eigenvalue weighted by molar-refractivity contribution is 5.97. The number of carbonyl (C=O) groups is 2. The van der Waals surface area contributed by atoms with Crippen LogP contribution in [0.4, 0.5) is 10.1 Å². The molecule has 0 saturated heterocycles. The molecular formula is C28H36FN3O3. The van der Waals surface area contributed by atoms with E-state index in [0.717, 1.165) is 30.6 Å². The van der Waals surface area contributed by atoms with Gasteiger partial charge in [0.2, 0.25) is 5.91 Å². The fourth-order valence-corrected chi connectivity index (χ4v) is 5.24. The first-order valence-corrected chi connectivity index (χ1v) is 12.8. The van der Waals surface area contributed by atoms with E-state index in [2.05, 4.69) is 15.5 Å². The fraction of sp³-hybridized carbons (Fsp3) is 0.500. The van der Waals surface area contributed by atoms with Crippen LogP contribution in [0.15, 0.2) is 42.5 Å². The lowest BCUT2D eigenvalue weighted by Crippen LogP contribution is -2.48. The molecule has 6 nitrogen and oxygen atoms in total. The van der Waals surface area contributed by atoms with E-state index in [9.17, 15) is 14.0 Å². The highest BCUT2D eigenvalue weighted by Crippen LogP contribution is 2.29. The molecule has 1 aliphatic heterocycles. The van der Waals surface area contributed by atoms with E-state index >= 15 is 0 Å². The van der Waals surface area contributed by atoms with Crippen LogP contribution in [-0.4, -0.2) is 44.6 Å². The van der Waals surface area contributed by atoms with E-state index in [4.69, 9.17) is 4.74 Å². The largest absolute Gasteiger partial charge is 0.497 e. The van der Waals surface area contributed by atoms with Crippen molar-refractivity contribution in [2.24, 2.45) is 5.92 Å². The Morgan fingerprint density at radius 1 is 1.14 bits per heavy atom. The Balaban J connectivity index is 1.35. The van der Waals surface area contributed by atoms with Crippen molar-refractivity contribution in [2.45, 2.75) is 57.4 Å². The van der Waals surface area contributed by atoms with Gasteiger partial charge in [-0.2, -0.15) is 0 Å². The number of hydrogen-bond acceptors (Lipinski definition) is 4. The average molecular weight is 482 g/mol. The number of nitrogens with zero attached hydrogens (tertiary/aromatic N) is 1. The Morgan fingerprint density at radius 3 is 2.77 bits per heavy atom. The second-order valence-electron chi connectivity index (χ2n) is 9.64. The molecule has 188 valence electrons. The molecule has 7 heteroatoms. The van der Waals surface area contributed by atoms with Gasteiger partial charge in [-0.15, -0.1) is 0 Å². The predicted octanol–water partition coefficient (Wildman–Crippen LogP) is 4.47. The molecule has 35 heavy (non-hydrogen) atoms. The maximum absolute atomic E-state index is 13.7. The number of rotatable bonds is 10. The molecule has 2 aromatic rings. The summed E-state index contributed by atoms with van der Waals surface area (Å²) in [5.41, 5.74) is 2.50. The molecule has 1 saturated carbocycles. The number of hydrogen-bond donors (Lipinski definition) is 2. The van der Waals surface area contributed by atoms with Crippen LogP contribution in [0.25, 0.3) is 0 Å². The summed E-state index contributed by atoms with van der Waals surface area (Å²) in [6, 6.07) is 11.2. The van der Waals surface area contributed by atoms with Crippen LogP contribution in [0.1, 0.15) is 60.9 Å². The Hall–Kier alpha value is -3.09. The van der Waals surface area contributed by atoms with Crippen molar-refractivity contribution in [3.63, 3.8) is 0 Å². The molecule has 0 radical (unpaired) electrons. The molecule has 0 aromatic heterocycles. The highest BCUT2D eigenvalue weighted by Gasteiger charge is 2.25. The molecule has 1 unspecified atom stereocenters. The topological polar surface area (TPSA) is 70.7 Å². The van der Waals surface area contributed by atoms with Crippen LogP contribution in [-0.2, 0) is 11.2 Å². The lowest BCUT2D eigenvalue weighted by molar-refractivity contribution is -0.123. The van der Waals surface area contributed by atoms with Gasteiger partial charge in [0.1, 0.15) is 17.6 Å². The Bertz CT molecular complexity index is 1020. The zero-order chi connectivity index (χ0) is 24.6. The van der Waals surface area contributed by atoms with Crippen molar-refractivity contribution < 1.29 is 18.7 Å². The first-order valence-electron chi connectivity index (χ1n) is 12.8. The molecule has 1 aliphatic carbocycles. The van der Waals surface area contributed by atoms with Gasteiger partial charge in [0, 0.05) is 30.9 Å². The Morgan fingerprint density at radius 2 is 1.97 bits per heavy atom. The van der Waals surface area contributed by atoms with E-state index in [1.54, 1.807) is 37.4 Å². The molecule has 0 bridgehead atoms. The molecular weight excluding hydrogens is 445 g/mol. The van der Waals surface area contributed by atoms with Crippen molar-refractivity contribution in [1.29, 1.82) is 0 Å². The van der Waals surface area contributed by atoms with E-state index in [1.807, 2.05) is 6.07 Å². The summed E-state index contributed by atoms with van der Waals surface area (Å²) in [4.78, 5) is 28.2. The number of amides is 2. The van der Waals surface area contributed by atoms with Crippen LogP contribution in [0.3, 0.4) is 0 Å². The van der Waals surface area contributed by atoms with Crippen molar-refractivity contribution in [1.82, 2.24) is 10.6 Å². The number of benzene rings is 2. The maximum atomic E-state index is 13.7. The van der Waals surface area contributed by atoms with E-state index in [-0.39, 0.29) is 17.6 Å². The van der Waals surface area contributed by atoms with Gasteiger partial charge in [0.05, 0.1) is 7.11 Å². The molecule has 0 spiro atoms. The molecule has 1 atom stereocenters. The number of carbonyl (C=O) groups excluding carboxylic acids is 2. The van der Waals surface area contributed by atoms with Crippen LogP contribution >= 0.6 is 0 Å². The molecule has 2 amide bonds. The second-order valence-corrected chi connectivity index (χ2v) is 9.64. The predicted molar refractivity (Wildman–Crippen MR) is 135 cm³/mol. The van der Waals surface area contributed by atoms with Gasteiger partial charge in [-0.05, 0) is 61.1 Å². The van der Waals surface area contributed by atoms with Crippen molar-refractivity contribution in [2.75, 3.05) is 31.6 Å². The summed E-state index contributed by atoms with van der Waals surface area (Å²) in [7, 11) is 1.56. The van der Waals surface area contributed by atoms with Gasteiger partial charge in [-0.25, -0.2) is 4.39 Å². The molecule has 1 heterocycles. The quantitative estimate of drug-likeness (QED) is 0.525. The maximum Gasteiger partial charge on any atom is 0.252 e. The Kier molecular flexibility index (Phi) is 8.61. The number of anilines is 1. The summed E-state index contributed by atoms with van der Waals surface area (Å²) >= 11 is 0. The van der Waals surface area contributed by atoms with E-state index in [0.29, 0.717) is 36.7 Å². The van der Waals surface area contributed by atoms with Crippen molar-refractivity contribution in [3.8, 4) is 5.75 Å². The number of fused-ring (bicyclic) bond motifs is 1. The van der Waals surface area contributed by atoms with Crippen LogP contribution in [0.2, 0.25) is 0 Å². The van der Waals surface area contributed by atoms with Gasteiger partial charge >= 0.3 is 0 Å². The number of ether oxygens (including phenoxy) is 1. The van der Waals surface area contributed by atoms with Gasteiger partial charge in [-0.3, -0.25) is 9.59 Å². The SMILES string of the molecule is COc1cccc(C(=O)NC(CCC2CCCCC2)C(=O)NCCN2CCc3ccc(F)cc32)c1. The summed E-state index contributed by atoms with van der Waals surface area (Å²) < 4.78 is 18.9. The normalized spacial score (nSPS) is 16.5. The van der Waals surface area contributed by atoms with E-state index in [1.165, 1.54) is 38.2 Å². The third-order valence-electron chi connectivity index (χ3n) is 7.26. The standard InChI is InChI=1S/C28H36FN3O3/c1-35-24-9-5-8-22(18-24)27(33)31-25(13-10-20-6-3-2-4-7-20)28(34)30-15-17-32-16-14-21-11-12-23(29)19-26(21)32/h5,8-9,11-12,18-20,25H,2-4,6-7,10,13-17H2,1H3,(H,30,34)(H,31,33). The molecule has 2 N–H and O–H groups in total. The smallest absolute Gasteiger partial charge is 0.252 e. The minimum Gasteiger partial charge on any atom is -0.497 e. The lowest BCUT2D eigenvalue weighted by Gasteiger charge is -2.25. The first-order chi connectivity index (χ1) is 17.0. The minimum absolute atomic E-state index is 0.171. The van der Waals surface area contributed by atoms with Crippen LogP contribution in [0, 0.1) is 11.7 Å². The fourth-order valence-electron chi connectivity index (χ4n) is 5.24. The average Bonchev–Trinajstić information content (AvgIpc) is 3.28. The van der Waals surface area contributed by atoms with Gasteiger partial charge in [0.15, 0.2) is 0 Å². The second kappa shape index (κ2) is 12.0. The van der Waals surface area contributed by atoms with Crippen molar-refractivity contribution >= 4 is 17.5 Å². The third kappa shape index (κ3) is 6.74. The van der Waals surface area contributed by atoms with Crippen LogP contribution < -0.4 is 20.3 Å². The lowest BCUT2D eigenvalue weighted by atomic mass is 9.85. The zero-order valence-electron chi connectivity index (χ0n) is 20.5. The summed E-state index contributed by atoms with van der Waals surface area (Å²) in [6.07, 6.45) is 8.59. The molecule has 2 aromatic carbocycles. The minimum atomic E-state index is -0.598. The van der Waals surface area contributed by atoms with E-state index < -0.39 is 6.04 Å². The highest BCUT2D eigenvalue weighted by atomic mass is 19.1. The van der Waals surface area contributed by atoms with Crippen LogP contribution in [0.5, 0.6) is 5.75 Å². The number of methoxy groups -OCH3 is 1. The molecule has 2 aliphatic rings. The third-order valence-corrected chi connectivity index (χ3v) is 7.26. The van der Waals surface area contributed by atoms with Gasteiger partial charge in [-0.1, -0.05) is 44.2 Å². The first kappa shape index (κ1) is 25.0.